The minimum absolute atomic E-state index is 0.322. The van der Waals surface area contributed by atoms with Crippen LogP contribution in [0.25, 0.3) is 0 Å². The van der Waals surface area contributed by atoms with Gasteiger partial charge in [0.2, 0.25) is 0 Å². The van der Waals surface area contributed by atoms with Crippen LogP contribution in [-0.4, -0.2) is 35.0 Å². The molecule has 1 fully saturated rings. The van der Waals surface area contributed by atoms with E-state index in [4.69, 9.17) is 4.74 Å². The molecule has 0 spiro atoms. The van der Waals surface area contributed by atoms with E-state index in [1.807, 2.05) is 20.8 Å². The molecule has 17 heavy (non-hydrogen) atoms. The number of amides is 1. The monoisotopic (exact) mass is 302 g/mol. The zero-order valence-corrected chi connectivity index (χ0v) is 12.2. The number of piperidine rings is 1. The van der Waals surface area contributed by atoms with E-state index in [0.717, 1.165) is 12.8 Å². The zero-order chi connectivity index (χ0) is 13.1. The number of halogens is 1. The molecule has 1 unspecified atom stereocenters. The van der Waals surface area contributed by atoms with Crippen molar-refractivity contribution < 1.29 is 9.53 Å². The standard InChI is InChI=1S/C12H19BrN2O2/c1-11(2,3)17-10(16)15-6-4-5-12(7-13,8-14)9-15/h4-7,9H2,1-3H3. The third-order valence-electron chi connectivity index (χ3n) is 2.72. The summed E-state index contributed by atoms with van der Waals surface area (Å²) in [6.45, 7) is 6.65. The van der Waals surface area contributed by atoms with Crippen LogP contribution in [0.3, 0.4) is 0 Å². The van der Waals surface area contributed by atoms with Crippen molar-refractivity contribution in [3.8, 4) is 6.07 Å². The largest absolute Gasteiger partial charge is 0.444 e. The molecule has 0 aromatic carbocycles. The van der Waals surface area contributed by atoms with Crippen LogP contribution < -0.4 is 0 Å². The summed E-state index contributed by atoms with van der Waals surface area (Å²) in [5.74, 6) is 0. The van der Waals surface area contributed by atoms with E-state index in [0.29, 0.717) is 18.4 Å². The Bertz CT molecular complexity index is 332. The number of nitrogens with zero attached hydrogens (tertiary/aromatic N) is 2. The summed E-state index contributed by atoms with van der Waals surface area (Å²) in [6.07, 6.45) is 1.35. The van der Waals surface area contributed by atoms with E-state index >= 15 is 0 Å². The van der Waals surface area contributed by atoms with Crippen molar-refractivity contribution in [1.29, 1.82) is 5.26 Å². The third kappa shape index (κ3) is 3.88. The first-order valence-corrected chi connectivity index (χ1v) is 6.89. The van der Waals surface area contributed by atoms with Crippen LogP contribution in [0, 0.1) is 16.7 Å². The SMILES string of the molecule is CC(C)(C)OC(=O)N1CCCC(C#N)(CBr)C1. The minimum atomic E-state index is -0.488. The number of ether oxygens (including phenoxy) is 1. The molecule has 0 aromatic heterocycles. The summed E-state index contributed by atoms with van der Waals surface area (Å²) in [6, 6.07) is 2.32. The van der Waals surface area contributed by atoms with Gasteiger partial charge in [0.05, 0.1) is 11.5 Å². The fourth-order valence-corrected chi connectivity index (χ4v) is 2.43. The minimum Gasteiger partial charge on any atom is -0.444 e. The highest BCUT2D eigenvalue weighted by Gasteiger charge is 2.37. The first-order valence-electron chi connectivity index (χ1n) is 5.77. The number of hydrogen-bond acceptors (Lipinski definition) is 3. The fraction of sp³-hybridized carbons (Fsp3) is 0.833. The summed E-state index contributed by atoms with van der Waals surface area (Å²) >= 11 is 3.37. The van der Waals surface area contributed by atoms with E-state index < -0.39 is 11.0 Å². The average molecular weight is 303 g/mol. The second-order valence-electron chi connectivity index (χ2n) is 5.53. The van der Waals surface area contributed by atoms with E-state index in [2.05, 4.69) is 22.0 Å². The molecule has 0 radical (unpaired) electrons. The van der Waals surface area contributed by atoms with Crippen molar-refractivity contribution >= 4 is 22.0 Å². The third-order valence-corrected chi connectivity index (χ3v) is 3.79. The Balaban J connectivity index is 2.68. The van der Waals surface area contributed by atoms with E-state index in [-0.39, 0.29) is 6.09 Å². The van der Waals surface area contributed by atoms with Crippen LogP contribution in [0.5, 0.6) is 0 Å². The summed E-state index contributed by atoms with van der Waals surface area (Å²) < 4.78 is 5.32. The number of carbonyl (C=O) groups excluding carboxylic acids is 1. The molecule has 1 atom stereocenters. The Hall–Kier alpha value is -0.760. The molecule has 0 saturated carbocycles. The Morgan fingerprint density at radius 3 is 2.71 bits per heavy atom. The molecule has 1 saturated heterocycles. The zero-order valence-electron chi connectivity index (χ0n) is 10.6. The van der Waals surface area contributed by atoms with Gasteiger partial charge in [-0.1, -0.05) is 15.9 Å². The first-order chi connectivity index (χ1) is 7.82. The van der Waals surface area contributed by atoms with Gasteiger partial charge in [-0.25, -0.2) is 4.79 Å². The van der Waals surface area contributed by atoms with Gasteiger partial charge in [0.25, 0.3) is 0 Å². The van der Waals surface area contributed by atoms with Crippen molar-refractivity contribution in [3.63, 3.8) is 0 Å². The van der Waals surface area contributed by atoms with Gasteiger partial charge in [0.15, 0.2) is 0 Å². The van der Waals surface area contributed by atoms with Crippen LogP contribution in [0.1, 0.15) is 33.6 Å². The second kappa shape index (κ2) is 5.26. The van der Waals surface area contributed by atoms with Crippen molar-refractivity contribution in [1.82, 2.24) is 4.90 Å². The molecule has 5 heteroatoms. The molecule has 4 nitrogen and oxygen atoms in total. The lowest BCUT2D eigenvalue weighted by atomic mass is 9.83. The predicted octanol–water partition coefficient (Wildman–Crippen LogP) is 2.92. The predicted molar refractivity (Wildman–Crippen MR) is 68.9 cm³/mol. The number of alkyl halides is 1. The van der Waals surface area contributed by atoms with Gasteiger partial charge in [0.1, 0.15) is 5.60 Å². The lowest BCUT2D eigenvalue weighted by molar-refractivity contribution is 0.0132. The summed E-state index contributed by atoms with van der Waals surface area (Å²) in [5, 5.41) is 9.81. The fourth-order valence-electron chi connectivity index (χ4n) is 1.84. The molecule has 0 aliphatic carbocycles. The van der Waals surface area contributed by atoms with Crippen LogP contribution in [0.15, 0.2) is 0 Å². The Morgan fingerprint density at radius 2 is 2.24 bits per heavy atom. The number of rotatable bonds is 1. The van der Waals surface area contributed by atoms with Crippen molar-refractivity contribution in [2.24, 2.45) is 5.41 Å². The number of likely N-dealkylation sites (tertiary alicyclic amines) is 1. The molecule has 0 aromatic rings. The summed E-state index contributed by atoms with van der Waals surface area (Å²) in [5.41, 5.74) is -0.951. The lowest BCUT2D eigenvalue weighted by Crippen LogP contribution is -2.48. The highest BCUT2D eigenvalue weighted by Crippen LogP contribution is 2.31. The van der Waals surface area contributed by atoms with Gasteiger partial charge in [-0.2, -0.15) is 5.26 Å². The van der Waals surface area contributed by atoms with Crippen molar-refractivity contribution in [2.75, 3.05) is 18.4 Å². The van der Waals surface area contributed by atoms with Crippen LogP contribution in [-0.2, 0) is 4.74 Å². The topological polar surface area (TPSA) is 53.3 Å². The molecule has 0 N–H and O–H groups in total. The molecular formula is C12H19BrN2O2. The van der Waals surface area contributed by atoms with Crippen LogP contribution in [0.2, 0.25) is 0 Å². The van der Waals surface area contributed by atoms with Gasteiger partial charge in [-0.3, -0.25) is 0 Å². The Morgan fingerprint density at radius 1 is 1.59 bits per heavy atom. The number of hydrogen-bond donors (Lipinski definition) is 0. The van der Waals surface area contributed by atoms with Gasteiger partial charge in [-0.05, 0) is 33.6 Å². The van der Waals surface area contributed by atoms with Crippen LogP contribution in [0.4, 0.5) is 4.79 Å². The quantitative estimate of drug-likeness (QED) is 0.700. The van der Waals surface area contributed by atoms with Crippen molar-refractivity contribution in [3.05, 3.63) is 0 Å². The second-order valence-corrected chi connectivity index (χ2v) is 6.09. The maximum atomic E-state index is 11.9. The molecule has 1 rings (SSSR count). The molecule has 0 bridgehead atoms. The van der Waals surface area contributed by atoms with Gasteiger partial charge >= 0.3 is 6.09 Å². The van der Waals surface area contributed by atoms with E-state index in [9.17, 15) is 10.1 Å². The molecule has 96 valence electrons. The van der Waals surface area contributed by atoms with Gasteiger partial charge in [-0.15, -0.1) is 0 Å². The normalized spacial score (nSPS) is 25.2. The number of nitriles is 1. The molecule has 1 aliphatic rings. The first kappa shape index (κ1) is 14.3. The van der Waals surface area contributed by atoms with E-state index in [1.54, 1.807) is 4.90 Å². The Kier molecular flexibility index (Phi) is 4.42. The maximum absolute atomic E-state index is 11.9. The Labute approximate surface area is 111 Å². The molecule has 1 heterocycles. The highest BCUT2D eigenvalue weighted by molar-refractivity contribution is 9.09. The molecular weight excluding hydrogens is 284 g/mol. The van der Waals surface area contributed by atoms with Gasteiger partial charge < -0.3 is 9.64 Å². The lowest BCUT2D eigenvalue weighted by Gasteiger charge is -2.37. The average Bonchev–Trinajstić information content (AvgIpc) is 2.27. The highest BCUT2D eigenvalue weighted by atomic mass is 79.9. The van der Waals surface area contributed by atoms with E-state index in [1.165, 1.54) is 0 Å². The number of carbonyl (C=O) groups is 1. The molecule has 1 aliphatic heterocycles. The van der Waals surface area contributed by atoms with Crippen molar-refractivity contribution in [2.45, 2.75) is 39.2 Å². The summed E-state index contributed by atoms with van der Waals surface area (Å²) in [4.78, 5) is 13.6. The van der Waals surface area contributed by atoms with Gasteiger partial charge in [0, 0.05) is 18.4 Å². The van der Waals surface area contributed by atoms with Crippen LogP contribution >= 0.6 is 15.9 Å². The smallest absolute Gasteiger partial charge is 0.410 e. The summed E-state index contributed by atoms with van der Waals surface area (Å²) in [7, 11) is 0. The maximum Gasteiger partial charge on any atom is 0.410 e. The molecule has 1 amide bonds.